The van der Waals surface area contributed by atoms with Gasteiger partial charge in [0, 0.05) is 0 Å². The summed E-state index contributed by atoms with van der Waals surface area (Å²) in [6.07, 6.45) is 6.38. The van der Waals surface area contributed by atoms with Gasteiger partial charge >= 0.3 is 0 Å². The molecule has 26 heavy (non-hydrogen) atoms. The van der Waals surface area contributed by atoms with E-state index in [1.807, 2.05) is 24.3 Å². The van der Waals surface area contributed by atoms with Gasteiger partial charge in [0.05, 0.1) is 0 Å². The summed E-state index contributed by atoms with van der Waals surface area (Å²) in [6.45, 7) is 3.59. The van der Waals surface area contributed by atoms with Crippen LogP contribution in [0.5, 0.6) is 0 Å². The van der Waals surface area contributed by atoms with Crippen LogP contribution in [-0.4, -0.2) is 11.6 Å². The minimum absolute atomic E-state index is 0.192. The Bertz CT molecular complexity index is 921. The lowest BCUT2D eigenvalue weighted by molar-refractivity contribution is 0.101. The van der Waals surface area contributed by atoms with Gasteiger partial charge in [0.25, 0.3) is 0 Å². The number of allylic oxidation sites excluding steroid dienone is 2. The van der Waals surface area contributed by atoms with Gasteiger partial charge in [-0.3, -0.25) is 9.59 Å². The van der Waals surface area contributed by atoms with Gasteiger partial charge in [-0.2, -0.15) is 0 Å². The molecule has 3 rings (SSSR count). The van der Waals surface area contributed by atoms with Crippen LogP contribution in [0.4, 0.5) is 0 Å². The molecule has 0 saturated carbocycles. The highest BCUT2D eigenvalue weighted by molar-refractivity contribution is 6.05. The molecule has 0 atom stereocenters. The van der Waals surface area contributed by atoms with Gasteiger partial charge in [-0.25, -0.2) is 0 Å². The molecular formula is C22H18O4. The van der Waals surface area contributed by atoms with Crippen LogP contribution in [0.3, 0.4) is 0 Å². The smallest absolute Gasteiger partial charge is 0.221 e. The Balaban J connectivity index is 1.69. The highest BCUT2D eigenvalue weighted by Crippen LogP contribution is 2.13. The lowest BCUT2D eigenvalue weighted by Crippen LogP contribution is -1.91. The molecule has 0 N–H and O–H groups in total. The van der Waals surface area contributed by atoms with Crippen molar-refractivity contribution in [3.05, 3.63) is 94.9 Å². The van der Waals surface area contributed by atoms with Crippen LogP contribution in [0.15, 0.2) is 69.5 Å². The van der Waals surface area contributed by atoms with E-state index in [1.165, 1.54) is 12.2 Å². The topological polar surface area (TPSA) is 60.4 Å². The lowest BCUT2D eigenvalue weighted by Gasteiger charge is -1.97. The molecular weight excluding hydrogens is 328 g/mol. The maximum Gasteiger partial charge on any atom is 0.221 e. The number of furan rings is 2. The summed E-state index contributed by atoms with van der Waals surface area (Å²) in [5.74, 6) is 1.64. The van der Waals surface area contributed by atoms with Crippen LogP contribution >= 0.6 is 0 Å². The average molecular weight is 346 g/mol. The molecule has 0 saturated heterocycles. The molecule has 2 aromatic heterocycles. The molecule has 1 aromatic carbocycles. The largest absolute Gasteiger partial charge is 0.458 e. The van der Waals surface area contributed by atoms with Crippen molar-refractivity contribution in [2.75, 3.05) is 0 Å². The molecule has 4 heteroatoms. The highest BCUT2D eigenvalue weighted by Gasteiger charge is 2.07. The Morgan fingerprint density at radius 1 is 0.731 bits per heavy atom. The maximum absolute atomic E-state index is 12.0. The first-order chi connectivity index (χ1) is 12.5. The summed E-state index contributed by atoms with van der Waals surface area (Å²) in [5.41, 5.74) is 1.70. The second-order valence-electron chi connectivity index (χ2n) is 5.89. The molecule has 4 nitrogen and oxygen atoms in total. The van der Waals surface area contributed by atoms with Gasteiger partial charge in [0.15, 0.2) is 11.5 Å². The third kappa shape index (κ3) is 4.36. The Morgan fingerprint density at radius 2 is 1.19 bits per heavy atom. The first-order valence-corrected chi connectivity index (χ1v) is 8.19. The number of benzene rings is 1. The molecule has 0 unspecified atom stereocenters. The fourth-order valence-electron chi connectivity index (χ4n) is 2.41. The van der Waals surface area contributed by atoms with E-state index in [9.17, 15) is 9.59 Å². The molecule has 0 radical (unpaired) electrons. The second kappa shape index (κ2) is 7.66. The number of hydrogen-bond acceptors (Lipinski definition) is 4. The third-order valence-corrected chi connectivity index (χ3v) is 3.73. The Kier molecular flexibility index (Phi) is 5.13. The van der Waals surface area contributed by atoms with Crippen molar-refractivity contribution in [3.63, 3.8) is 0 Å². The first kappa shape index (κ1) is 17.4. The number of rotatable bonds is 6. The van der Waals surface area contributed by atoms with Crippen LogP contribution in [-0.2, 0) is 0 Å². The molecule has 0 aliphatic heterocycles. The van der Waals surface area contributed by atoms with E-state index in [1.54, 1.807) is 50.3 Å². The van der Waals surface area contributed by atoms with Crippen molar-refractivity contribution in [1.82, 2.24) is 0 Å². The summed E-state index contributed by atoms with van der Waals surface area (Å²) >= 11 is 0. The van der Waals surface area contributed by atoms with E-state index in [4.69, 9.17) is 8.83 Å². The Hall–Kier alpha value is -3.40. The van der Waals surface area contributed by atoms with Crippen molar-refractivity contribution in [1.29, 1.82) is 0 Å². The van der Waals surface area contributed by atoms with Crippen molar-refractivity contribution in [2.24, 2.45) is 0 Å². The van der Waals surface area contributed by atoms with Crippen molar-refractivity contribution in [3.8, 4) is 0 Å². The fourth-order valence-corrected chi connectivity index (χ4v) is 2.41. The van der Waals surface area contributed by atoms with Crippen molar-refractivity contribution >= 4 is 23.7 Å². The first-order valence-electron chi connectivity index (χ1n) is 8.19. The van der Waals surface area contributed by atoms with E-state index in [0.29, 0.717) is 23.0 Å². The average Bonchev–Trinajstić information content (AvgIpc) is 3.26. The third-order valence-electron chi connectivity index (χ3n) is 3.73. The summed E-state index contributed by atoms with van der Waals surface area (Å²) in [5, 5.41) is 0. The predicted molar refractivity (Wildman–Crippen MR) is 100 cm³/mol. The molecule has 3 aromatic rings. The molecule has 0 aliphatic rings. The molecule has 2 heterocycles. The number of carbonyl (C=O) groups is 2. The summed E-state index contributed by atoms with van der Waals surface area (Å²) in [6, 6.07) is 14.3. The van der Waals surface area contributed by atoms with Gasteiger partial charge in [-0.15, -0.1) is 0 Å². The monoisotopic (exact) mass is 346 g/mol. The molecule has 0 spiro atoms. The Morgan fingerprint density at radius 3 is 1.58 bits per heavy atom. The van der Waals surface area contributed by atoms with E-state index < -0.39 is 0 Å². The van der Waals surface area contributed by atoms with Gasteiger partial charge in [-0.05, 0) is 67.5 Å². The normalized spacial score (nSPS) is 11.5. The van der Waals surface area contributed by atoms with E-state index in [0.717, 1.165) is 11.1 Å². The highest BCUT2D eigenvalue weighted by atomic mass is 16.4. The molecule has 0 fully saturated rings. The summed E-state index contributed by atoms with van der Waals surface area (Å²) in [7, 11) is 0. The lowest BCUT2D eigenvalue weighted by atomic mass is 10.1. The van der Waals surface area contributed by atoms with E-state index in [-0.39, 0.29) is 11.6 Å². The van der Waals surface area contributed by atoms with Crippen LogP contribution in [0.2, 0.25) is 0 Å². The summed E-state index contributed by atoms with van der Waals surface area (Å²) in [4.78, 5) is 24.1. The predicted octanol–water partition coefficient (Wildman–Crippen LogP) is 5.28. The molecule has 0 aliphatic carbocycles. The van der Waals surface area contributed by atoms with Gasteiger partial charge in [-0.1, -0.05) is 30.4 Å². The molecule has 0 bridgehead atoms. The SMILES string of the molecule is Cc1ccc(C(=O)C=Cc2cccc(C=CC(=O)c3ccc(C)o3)c2)o1. The minimum Gasteiger partial charge on any atom is -0.458 e. The molecule has 0 amide bonds. The number of ketones is 2. The zero-order chi connectivity index (χ0) is 18.5. The zero-order valence-corrected chi connectivity index (χ0v) is 14.6. The van der Waals surface area contributed by atoms with Crippen LogP contribution in [0.1, 0.15) is 43.8 Å². The minimum atomic E-state index is -0.192. The van der Waals surface area contributed by atoms with E-state index in [2.05, 4.69) is 0 Å². The number of hydrogen-bond donors (Lipinski definition) is 0. The van der Waals surface area contributed by atoms with Crippen LogP contribution in [0, 0.1) is 13.8 Å². The Labute approximate surface area is 151 Å². The van der Waals surface area contributed by atoms with Crippen LogP contribution < -0.4 is 0 Å². The summed E-state index contributed by atoms with van der Waals surface area (Å²) < 4.78 is 10.6. The van der Waals surface area contributed by atoms with E-state index >= 15 is 0 Å². The standard InChI is InChI=1S/C22H18O4/c1-15-6-12-21(25-15)19(23)10-8-17-4-3-5-18(14-17)9-11-20(24)22-13-7-16(2)26-22/h3-14H,1-2H3. The van der Waals surface area contributed by atoms with Gasteiger partial charge in [0.1, 0.15) is 11.5 Å². The number of aryl methyl sites for hydroxylation is 2. The van der Waals surface area contributed by atoms with Crippen LogP contribution in [0.25, 0.3) is 12.2 Å². The zero-order valence-electron chi connectivity index (χ0n) is 14.6. The fraction of sp³-hybridized carbons (Fsp3) is 0.0909. The quantitative estimate of drug-likeness (QED) is 0.450. The number of carbonyl (C=O) groups excluding carboxylic acids is 2. The van der Waals surface area contributed by atoms with Crippen molar-refractivity contribution < 1.29 is 18.4 Å². The van der Waals surface area contributed by atoms with Crippen molar-refractivity contribution in [2.45, 2.75) is 13.8 Å². The maximum atomic E-state index is 12.0. The van der Waals surface area contributed by atoms with Gasteiger partial charge < -0.3 is 8.83 Å². The molecule has 130 valence electrons. The van der Waals surface area contributed by atoms with Gasteiger partial charge in [0.2, 0.25) is 11.6 Å². The second-order valence-corrected chi connectivity index (χ2v) is 5.89.